The van der Waals surface area contributed by atoms with E-state index < -0.39 is 0 Å². The van der Waals surface area contributed by atoms with E-state index in [9.17, 15) is 0 Å². The molecule has 1 atom stereocenters. The van der Waals surface area contributed by atoms with E-state index in [1.165, 1.54) is 29.5 Å². The number of hydrazone groups is 1. The maximum absolute atomic E-state index is 5.33. The summed E-state index contributed by atoms with van der Waals surface area (Å²) in [5, 5.41) is 8.23. The Labute approximate surface area is 144 Å². The molecule has 3 heterocycles. The van der Waals surface area contributed by atoms with E-state index in [1.807, 2.05) is 12.1 Å². The van der Waals surface area contributed by atoms with Crippen LogP contribution in [0.25, 0.3) is 0 Å². The first-order chi connectivity index (χ1) is 10.2. The van der Waals surface area contributed by atoms with Crippen LogP contribution in [0.2, 0.25) is 0 Å². The molecule has 3 aliphatic rings. The molecule has 1 unspecified atom stereocenters. The topological polar surface area (TPSA) is 39.7 Å². The molecule has 3 aliphatic heterocycles. The molecule has 3 saturated heterocycles. The van der Waals surface area contributed by atoms with Gasteiger partial charge in [0.15, 0.2) is 5.11 Å². The molecule has 0 amide bonds. The van der Waals surface area contributed by atoms with Gasteiger partial charge in [0.1, 0.15) is 0 Å². The summed E-state index contributed by atoms with van der Waals surface area (Å²) in [6.07, 6.45) is 4.36. The Kier molecular flexibility index (Phi) is 5.07. The SMILES string of the molecule is S=C(N/N=C/c1ccc(I)cc1)NC1CN2CCC1CC2. The smallest absolute Gasteiger partial charge is 0.187 e. The van der Waals surface area contributed by atoms with Gasteiger partial charge in [-0.05, 0) is 84.4 Å². The number of rotatable bonds is 3. The normalized spacial score (nSPS) is 27.8. The maximum Gasteiger partial charge on any atom is 0.187 e. The average Bonchev–Trinajstić information content (AvgIpc) is 2.50. The summed E-state index contributed by atoms with van der Waals surface area (Å²) < 4.78 is 1.22. The van der Waals surface area contributed by atoms with E-state index in [0.717, 1.165) is 18.0 Å². The third-order valence-corrected chi connectivity index (χ3v) is 5.15. The third kappa shape index (κ3) is 4.14. The van der Waals surface area contributed by atoms with E-state index in [1.54, 1.807) is 6.21 Å². The number of nitrogens with zero attached hydrogens (tertiary/aromatic N) is 2. The molecule has 0 spiro atoms. The van der Waals surface area contributed by atoms with Crippen LogP contribution in [0, 0.1) is 9.49 Å². The summed E-state index contributed by atoms with van der Waals surface area (Å²) in [5.41, 5.74) is 3.99. The van der Waals surface area contributed by atoms with Crippen LogP contribution in [0.1, 0.15) is 18.4 Å². The van der Waals surface area contributed by atoms with E-state index in [2.05, 4.69) is 55.5 Å². The van der Waals surface area contributed by atoms with Gasteiger partial charge in [0.2, 0.25) is 0 Å². The quantitative estimate of drug-likeness (QED) is 0.344. The summed E-state index contributed by atoms with van der Waals surface area (Å²) in [4.78, 5) is 2.51. The van der Waals surface area contributed by atoms with E-state index in [4.69, 9.17) is 12.2 Å². The van der Waals surface area contributed by atoms with E-state index in [0.29, 0.717) is 11.2 Å². The second kappa shape index (κ2) is 7.02. The fourth-order valence-corrected chi connectivity index (χ4v) is 3.61. The lowest BCUT2D eigenvalue weighted by atomic mass is 9.84. The molecule has 21 heavy (non-hydrogen) atoms. The summed E-state index contributed by atoms with van der Waals surface area (Å²) in [6, 6.07) is 8.67. The zero-order chi connectivity index (χ0) is 14.7. The lowest BCUT2D eigenvalue weighted by molar-refractivity contribution is 0.0812. The highest BCUT2D eigenvalue weighted by molar-refractivity contribution is 14.1. The molecule has 0 saturated carbocycles. The molecule has 6 heteroatoms. The molecule has 4 rings (SSSR count). The number of benzene rings is 1. The minimum absolute atomic E-state index is 0.473. The zero-order valence-corrected chi connectivity index (χ0v) is 14.7. The highest BCUT2D eigenvalue weighted by Crippen LogP contribution is 2.27. The van der Waals surface area contributed by atoms with E-state index in [-0.39, 0.29) is 0 Å². The monoisotopic (exact) mass is 414 g/mol. The lowest BCUT2D eigenvalue weighted by Gasteiger charge is -2.45. The van der Waals surface area contributed by atoms with Crippen molar-refractivity contribution < 1.29 is 0 Å². The van der Waals surface area contributed by atoms with Crippen LogP contribution in [-0.2, 0) is 0 Å². The Morgan fingerprint density at radius 3 is 2.62 bits per heavy atom. The second-order valence-electron chi connectivity index (χ2n) is 5.64. The maximum atomic E-state index is 5.33. The van der Waals surface area contributed by atoms with Gasteiger partial charge in [-0.3, -0.25) is 5.43 Å². The Balaban J connectivity index is 1.47. The largest absolute Gasteiger partial charge is 0.357 e. The molecule has 1 aromatic carbocycles. The number of thiocarbonyl (C=S) groups is 1. The summed E-state index contributed by atoms with van der Waals surface area (Å²) in [7, 11) is 0. The van der Waals surface area contributed by atoms with Crippen LogP contribution in [0.5, 0.6) is 0 Å². The molecular formula is C15H19IN4S. The number of hydrogen-bond acceptors (Lipinski definition) is 3. The van der Waals surface area contributed by atoms with Crippen LogP contribution in [-0.4, -0.2) is 41.9 Å². The standard InChI is InChI=1S/C15H19IN4S/c16-13-3-1-11(2-4-13)9-17-19-15(21)18-14-10-20-7-5-12(14)6-8-20/h1-4,9,12,14H,5-8,10H2,(H2,18,19,21)/b17-9+. The molecule has 4 nitrogen and oxygen atoms in total. The van der Waals surface area contributed by atoms with Crippen molar-refractivity contribution in [1.29, 1.82) is 0 Å². The molecule has 1 aromatic rings. The zero-order valence-electron chi connectivity index (χ0n) is 11.8. The van der Waals surface area contributed by atoms with Crippen molar-refractivity contribution in [3.8, 4) is 0 Å². The number of piperidine rings is 3. The molecule has 0 aromatic heterocycles. The third-order valence-electron chi connectivity index (χ3n) is 4.22. The van der Waals surface area contributed by atoms with Crippen LogP contribution in [0.3, 0.4) is 0 Å². The average molecular weight is 414 g/mol. The van der Waals surface area contributed by atoms with Gasteiger partial charge >= 0.3 is 0 Å². The van der Waals surface area contributed by atoms with Crippen LogP contribution in [0.4, 0.5) is 0 Å². The van der Waals surface area contributed by atoms with Gasteiger partial charge < -0.3 is 10.2 Å². The van der Waals surface area contributed by atoms with Crippen molar-refractivity contribution in [2.75, 3.05) is 19.6 Å². The number of fused-ring (bicyclic) bond motifs is 3. The Morgan fingerprint density at radius 1 is 1.29 bits per heavy atom. The molecule has 0 aliphatic carbocycles. The van der Waals surface area contributed by atoms with Gasteiger partial charge in [0, 0.05) is 16.2 Å². The van der Waals surface area contributed by atoms with E-state index >= 15 is 0 Å². The Bertz CT molecular complexity index is 523. The van der Waals surface area contributed by atoms with Gasteiger partial charge in [-0.25, -0.2) is 0 Å². The first-order valence-corrected chi connectivity index (χ1v) is 8.77. The minimum atomic E-state index is 0.473. The fraction of sp³-hybridized carbons (Fsp3) is 0.467. The lowest BCUT2D eigenvalue weighted by Crippen LogP contribution is -2.58. The van der Waals surface area contributed by atoms with Crippen LogP contribution < -0.4 is 10.7 Å². The summed E-state index contributed by atoms with van der Waals surface area (Å²) in [5.74, 6) is 0.759. The van der Waals surface area contributed by atoms with Crippen molar-refractivity contribution >= 4 is 46.1 Å². The van der Waals surface area contributed by atoms with Crippen molar-refractivity contribution in [3.05, 3.63) is 33.4 Å². The minimum Gasteiger partial charge on any atom is -0.357 e. The molecule has 112 valence electrons. The first-order valence-electron chi connectivity index (χ1n) is 7.28. The van der Waals surface area contributed by atoms with Crippen molar-refractivity contribution in [2.45, 2.75) is 18.9 Å². The molecule has 2 N–H and O–H groups in total. The first kappa shape index (κ1) is 15.2. The molecule has 3 fully saturated rings. The van der Waals surface area contributed by atoms with Gasteiger partial charge in [-0.2, -0.15) is 5.10 Å². The number of nitrogens with one attached hydrogen (secondary N) is 2. The van der Waals surface area contributed by atoms with Crippen molar-refractivity contribution in [3.63, 3.8) is 0 Å². The number of hydrogen-bond donors (Lipinski definition) is 2. The molecular weight excluding hydrogens is 395 g/mol. The van der Waals surface area contributed by atoms with Crippen molar-refractivity contribution in [2.24, 2.45) is 11.0 Å². The van der Waals surface area contributed by atoms with Crippen LogP contribution in [0.15, 0.2) is 29.4 Å². The second-order valence-corrected chi connectivity index (χ2v) is 7.29. The Morgan fingerprint density at radius 2 is 2.00 bits per heavy atom. The number of halogens is 1. The van der Waals surface area contributed by atoms with Crippen molar-refractivity contribution in [1.82, 2.24) is 15.6 Å². The summed E-state index contributed by atoms with van der Waals surface area (Å²) in [6.45, 7) is 3.59. The summed E-state index contributed by atoms with van der Waals surface area (Å²) >= 11 is 7.62. The van der Waals surface area contributed by atoms with Gasteiger partial charge in [-0.15, -0.1) is 0 Å². The highest BCUT2D eigenvalue weighted by atomic mass is 127. The van der Waals surface area contributed by atoms with Gasteiger partial charge in [-0.1, -0.05) is 12.1 Å². The predicted molar refractivity (Wildman–Crippen MR) is 98.6 cm³/mol. The highest BCUT2D eigenvalue weighted by Gasteiger charge is 2.34. The van der Waals surface area contributed by atoms with Gasteiger partial charge in [0.05, 0.1) is 6.21 Å². The van der Waals surface area contributed by atoms with Gasteiger partial charge in [0.25, 0.3) is 0 Å². The Hall–Kier alpha value is -0.730. The van der Waals surface area contributed by atoms with Crippen LogP contribution >= 0.6 is 34.8 Å². The fourth-order valence-electron chi connectivity index (χ4n) is 3.04. The molecule has 0 radical (unpaired) electrons. The molecule has 2 bridgehead atoms. The predicted octanol–water partition coefficient (Wildman–Crippen LogP) is 2.18.